The molecule has 2 bridgehead atoms. The quantitative estimate of drug-likeness (QED) is 0.647. The first-order valence-corrected chi connectivity index (χ1v) is 7.62. The molecule has 5 heteroatoms. The van der Waals surface area contributed by atoms with Gasteiger partial charge in [0.1, 0.15) is 0 Å². The van der Waals surface area contributed by atoms with E-state index in [1.165, 1.54) is 0 Å². The molecule has 0 radical (unpaired) electrons. The Morgan fingerprint density at radius 1 is 1.29 bits per heavy atom. The van der Waals surface area contributed by atoms with E-state index < -0.39 is 23.4 Å². The van der Waals surface area contributed by atoms with E-state index in [2.05, 4.69) is 5.32 Å². The van der Waals surface area contributed by atoms with Crippen molar-refractivity contribution in [3.05, 3.63) is 12.2 Å². The van der Waals surface area contributed by atoms with E-state index in [1.54, 1.807) is 6.92 Å². The number of carbonyl (C=O) groups is 2. The number of allylic oxidation sites excluding steroid dienone is 2. The average Bonchev–Trinajstić information content (AvgIpc) is 2.94. The van der Waals surface area contributed by atoms with Gasteiger partial charge in [-0.25, -0.2) is 0 Å². The minimum atomic E-state index is -0.962. The highest BCUT2D eigenvalue weighted by Crippen LogP contribution is 2.48. The largest absolute Gasteiger partial charge is 0.481 e. The van der Waals surface area contributed by atoms with Crippen molar-refractivity contribution in [2.24, 2.45) is 29.6 Å². The molecular formula is C16H25NO4. The van der Waals surface area contributed by atoms with E-state index >= 15 is 0 Å². The van der Waals surface area contributed by atoms with Crippen LogP contribution in [0, 0.1) is 29.6 Å². The van der Waals surface area contributed by atoms with Gasteiger partial charge in [0.25, 0.3) is 0 Å². The average molecular weight is 295 g/mol. The Morgan fingerprint density at radius 3 is 2.38 bits per heavy atom. The molecule has 3 N–H and O–H groups in total. The summed E-state index contributed by atoms with van der Waals surface area (Å²) in [5.41, 5.74) is -0.962. The Balaban J connectivity index is 1.97. The number of aliphatic carboxylic acids is 1. The molecule has 0 heterocycles. The number of carboxylic acids is 1. The maximum Gasteiger partial charge on any atom is 0.307 e. The van der Waals surface area contributed by atoms with E-state index in [-0.39, 0.29) is 24.3 Å². The van der Waals surface area contributed by atoms with E-state index in [9.17, 15) is 19.8 Å². The lowest BCUT2D eigenvalue weighted by Gasteiger charge is -2.28. The number of aliphatic hydroxyl groups is 1. The minimum absolute atomic E-state index is 0.0196. The number of nitrogens with one attached hydrogen (secondary N) is 1. The smallest absolute Gasteiger partial charge is 0.307 e. The Kier molecular flexibility index (Phi) is 4.42. The number of carbonyl (C=O) groups excluding carboxylic acids is 1. The molecule has 0 aromatic rings. The van der Waals surface area contributed by atoms with E-state index in [1.807, 2.05) is 26.0 Å². The summed E-state index contributed by atoms with van der Waals surface area (Å²) in [4.78, 5) is 23.8. The van der Waals surface area contributed by atoms with Crippen molar-refractivity contribution >= 4 is 11.9 Å². The highest BCUT2D eigenvalue weighted by atomic mass is 16.4. The number of amides is 1. The summed E-state index contributed by atoms with van der Waals surface area (Å²) in [6.07, 6.45) is 5.21. The number of hydrogen-bond acceptors (Lipinski definition) is 3. The van der Waals surface area contributed by atoms with Crippen LogP contribution in [0.5, 0.6) is 0 Å². The van der Waals surface area contributed by atoms with Crippen LogP contribution in [0.3, 0.4) is 0 Å². The summed E-state index contributed by atoms with van der Waals surface area (Å²) >= 11 is 0. The molecule has 5 nitrogen and oxygen atoms in total. The zero-order valence-corrected chi connectivity index (χ0v) is 12.9. The number of hydrogen-bond donors (Lipinski definition) is 3. The zero-order chi connectivity index (χ0) is 15.8. The highest BCUT2D eigenvalue weighted by Gasteiger charge is 2.51. The van der Waals surface area contributed by atoms with Gasteiger partial charge in [-0.3, -0.25) is 9.59 Å². The van der Waals surface area contributed by atoms with Gasteiger partial charge < -0.3 is 15.5 Å². The Labute approximate surface area is 125 Å². The van der Waals surface area contributed by atoms with Crippen LogP contribution in [0.1, 0.15) is 33.6 Å². The molecule has 5 unspecified atom stereocenters. The SMILES string of the molecule is CC(C)CC(C)(O)CNC(=O)C1C2C=CC(C2)C1C(=O)O. The van der Waals surface area contributed by atoms with Crippen LogP contribution in [-0.2, 0) is 9.59 Å². The van der Waals surface area contributed by atoms with Gasteiger partial charge >= 0.3 is 5.97 Å². The lowest BCUT2D eigenvalue weighted by atomic mass is 9.82. The molecule has 21 heavy (non-hydrogen) atoms. The van der Waals surface area contributed by atoms with Crippen molar-refractivity contribution in [1.29, 1.82) is 0 Å². The molecule has 1 saturated carbocycles. The second-order valence-electron chi connectivity index (χ2n) is 7.15. The third-order valence-electron chi connectivity index (χ3n) is 4.54. The van der Waals surface area contributed by atoms with Gasteiger partial charge in [-0.2, -0.15) is 0 Å². The van der Waals surface area contributed by atoms with Crippen LogP contribution < -0.4 is 5.32 Å². The van der Waals surface area contributed by atoms with Crippen LogP contribution in [0.4, 0.5) is 0 Å². The van der Waals surface area contributed by atoms with Crippen molar-refractivity contribution in [2.75, 3.05) is 6.54 Å². The summed E-state index contributed by atoms with van der Waals surface area (Å²) in [6, 6.07) is 0. The van der Waals surface area contributed by atoms with Crippen LogP contribution in [0.2, 0.25) is 0 Å². The Hall–Kier alpha value is -1.36. The lowest BCUT2D eigenvalue weighted by molar-refractivity contribution is -0.148. The first kappa shape index (κ1) is 16.0. The fraction of sp³-hybridized carbons (Fsp3) is 0.750. The standard InChI is InChI=1S/C16H25NO4/c1-9(2)7-16(3,21)8-17-14(18)12-10-4-5-11(6-10)13(12)15(19)20/h4-5,9-13,21H,6-8H2,1-3H3,(H,17,18)(H,19,20). The molecule has 0 aromatic carbocycles. The maximum absolute atomic E-state index is 12.4. The molecule has 5 atom stereocenters. The lowest BCUT2D eigenvalue weighted by Crippen LogP contribution is -2.46. The van der Waals surface area contributed by atoms with Gasteiger partial charge in [-0.15, -0.1) is 0 Å². The molecule has 118 valence electrons. The van der Waals surface area contributed by atoms with Gasteiger partial charge in [0.15, 0.2) is 0 Å². The molecule has 0 spiro atoms. The number of carboxylic acid groups (broad SMARTS) is 1. The number of fused-ring (bicyclic) bond motifs is 2. The molecule has 0 aliphatic heterocycles. The molecule has 0 saturated heterocycles. The molecule has 2 aliphatic carbocycles. The van der Waals surface area contributed by atoms with Crippen LogP contribution in [-0.4, -0.2) is 34.2 Å². The van der Waals surface area contributed by atoms with Crippen LogP contribution in [0.25, 0.3) is 0 Å². The first-order valence-electron chi connectivity index (χ1n) is 7.62. The molecule has 1 amide bonds. The van der Waals surface area contributed by atoms with Crippen LogP contribution in [0.15, 0.2) is 12.2 Å². The van der Waals surface area contributed by atoms with Gasteiger partial charge in [0, 0.05) is 6.54 Å². The van der Waals surface area contributed by atoms with Crippen molar-refractivity contribution in [1.82, 2.24) is 5.32 Å². The summed E-state index contributed by atoms with van der Waals surface area (Å²) < 4.78 is 0. The third-order valence-corrected chi connectivity index (χ3v) is 4.54. The predicted octanol–water partition coefficient (Wildman–Crippen LogP) is 1.42. The van der Waals surface area contributed by atoms with Crippen molar-refractivity contribution in [3.8, 4) is 0 Å². The van der Waals surface area contributed by atoms with E-state index in [4.69, 9.17) is 0 Å². The second-order valence-corrected chi connectivity index (χ2v) is 7.15. The predicted molar refractivity (Wildman–Crippen MR) is 78.4 cm³/mol. The topological polar surface area (TPSA) is 86.6 Å². The summed E-state index contributed by atoms with van der Waals surface area (Å²) in [6.45, 7) is 5.88. The minimum Gasteiger partial charge on any atom is -0.481 e. The third kappa shape index (κ3) is 3.46. The summed E-state index contributed by atoms with van der Waals surface area (Å²) in [7, 11) is 0. The number of rotatable bonds is 6. The van der Waals surface area contributed by atoms with Crippen molar-refractivity contribution in [2.45, 2.75) is 39.2 Å². The molecule has 1 fully saturated rings. The van der Waals surface area contributed by atoms with Gasteiger partial charge in [0.2, 0.25) is 5.91 Å². The Morgan fingerprint density at radius 2 is 1.86 bits per heavy atom. The van der Waals surface area contributed by atoms with Crippen LogP contribution >= 0.6 is 0 Å². The van der Waals surface area contributed by atoms with Gasteiger partial charge in [0.05, 0.1) is 17.4 Å². The Bertz CT molecular complexity index is 455. The molecule has 2 aliphatic rings. The monoisotopic (exact) mass is 295 g/mol. The summed E-state index contributed by atoms with van der Waals surface area (Å²) in [5.74, 6) is -1.97. The van der Waals surface area contributed by atoms with E-state index in [0.717, 1.165) is 6.42 Å². The summed E-state index contributed by atoms with van der Waals surface area (Å²) in [5, 5.41) is 22.3. The van der Waals surface area contributed by atoms with Crippen molar-refractivity contribution in [3.63, 3.8) is 0 Å². The highest BCUT2D eigenvalue weighted by molar-refractivity contribution is 5.86. The zero-order valence-electron chi connectivity index (χ0n) is 12.9. The molecule has 0 aromatic heterocycles. The fourth-order valence-corrected chi connectivity index (χ4v) is 3.86. The second kappa shape index (κ2) is 5.79. The normalized spacial score (nSPS) is 33.2. The molecular weight excluding hydrogens is 270 g/mol. The first-order chi connectivity index (χ1) is 9.71. The van der Waals surface area contributed by atoms with Gasteiger partial charge in [-0.05, 0) is 37.5 Å². The van der Waals surface area contributed by atoms with Gasteiger partial charge in [-0.1, -0.05) is 26.0 Å². The molecule has 2 rings (SSSR count). The van der Waals surface area contributed by atoms with E-state index in [0.29, 0.717) is 12.3 Å². The maximum atomic E-state index is 12.4. The fourth-order valence-electron chi connectivity index (χ4n) is 3.86. The van der Waals surface area contributed by atoms with Crippen molar-refractivity contribution < 1.29 is 19.8 Å².